The molecular weight excluding hydrogens is 455 g/mol. The van der Waals surface area contributed by atoms with Gasteiger partial charge in [0.25, 0.3) is 5.91 Å². The largest absolute Gasteiger partial charge is 0.367 e. The minimum Gasteiger partial charge on any atom is -0.367 e. The summed E-state index contributed by atoms with van der Waals surface area (Å²) in [5.41, 5.74) is 3.97. The predicted molar refractivity (Wildman–Crippen MR) is 134 cm³/mol. The summed E-state index contributed by atoms with van der Waals surface area (Å²) < 4.78 is 1.69. The van der Waals surface area contributed by atoms with E-state index in [-0.39, 0.29) is 5.91 Å². The number of carbonyl (C=O) groups is 1. The molecule has 0 spiro atoms. The first kappa shape index (κ1) is 21.6. The highest BCUT2D eigenvalue weighted by atomic mass is 35.5. The first-order valence-corrected chi connectivity index (χ1v) is 11.6. The molecule has 1 saturated heterocycles. The van der Waals surface area contributed by atoms with Crippen molar-refractivity contribution in [3.05, 3.63) is 101 Å². The number of anilines is 1. The van der Waals surface area contributed by atoms with Crippen molar-refractivity contribution in [3.63, 3.8) is 0 Å². The third-order valence-corrected chi connectivity index (χ3v) is 6.37. The average Bonchev–Trinajstić information content (AvgIpc) is 3.30. The maximum Gasteiger partial charge on any atom is 0.272 e. The topological polar surface area (TPSA) is 41.4 Å². The van der Waals surface area contributed by atoms with Gasteiger partial charge in [-0.25, -0.2) is 4.68 Å². The van der Waals surface area contributed by atoms with Crippen molar-refractivity contribution in [2.45, 2.75) is 0 Å². The lowest BCUT2D eigenvalue weighted by molar-refractivity contribution is 0.0737. The highest BCUT2D eigenvalue weighted by molar-refractivity contribution is 6.33. The van der Waals surface area contributed by atoms with Gasteiger partial charge in [-0.2, -0.15) is 5.10 Å². The summed E-state index contributed by atoms with van der Waals surface area (Å²) in [6.45, 7) is 2.63. The van der Waals surface area contributed by atoms with Crippen LogP contribution in [0.25, 0.3) is 16.9 Å². The van der Waals surface area contributed by atoms with E-state index in [0.29, 0.717) is 36.9 Å². The molecule has 0 N–H and O–H groups in total. The SMILES string of the molecule is O=C(c1cc(-c2ccccc2)nn1-c1cccc(Cl)c1)N1CCN(c2ccccc2Cl)CC1. The second-order valence-corrected chi connectivity index (χ2v) is 8.75. The summed E-state index contributed by atoms with van der Waals surface area (Å²) >= 11 is 12.6. The van der Waals surface area contributed by atoms with Crippen molar-refractivity contribution in [2.75, 3.05) is 31.1 Å². The van der Waals surface area contributed by atoms with Gasteiger partial charge in [0.15, 0.2) is 0 Å². The number of hydrogen-bond donors (Lipinski definition) is 0. The number of amides is 1. The zero-order valence-corrected chi connectivity index (χ0v) is 19.4. The van der Waals surface area contributed by atoms with Gasteiger partial charge < -0.3 is 9.80 Å². The van der Waals surface area contributed by atoms with Crippen molar-refractivity contribution in [1.82, 2.24) is 14.7 Å². The molecule has 1 fully saturated rings. The summed E-state index contributed by atoms with van der Waals surface area (Å²) in [6.07, 6.45) is 0. The number of hydrogen-bond acceptors (Lipinski definition) is 3. The second kappa shape index (κ2) is 9.30. The third kappa shape index (κ3) is 4.47. The number of carbonyl (C=O) groups excluding carboxylic acids is 1. The summed E-state index contributed by atoms with van der Waals surface area (Å²) in [5, 5.41) is 6.08. The molecule has 1 aliphatic rings. The quantitative estimate of drug-likeness (QED) is 0.373. The predicted octanol–water partition coefficient (Wildman–Crippen LogP) is 5.81. The lowest BCUT2D eigenvalue weighted by Gasteiger charge is -2.36. The Labute approximate surface area is 202 Å². The number of halogens is 2. The van der Waals surface area contributed by atoms with Gasteiger partial charge in [0.1, 0.15) is 5.69 Å². The Bertz CT molecular complexity index is 1280. The van der Waals surface area contributed by atoms with Crippen LogP contribution in [0.2, 0.25) is 10.0 Å². The summed E-state index contributed by atoms with van der Waals surface area (Å²) in [5.74, 6) is -0.0523. The molecule has 5 rings (SSSR count). The van der Waals surface area contributed by atoms with E-state index in [1.54, 1.807) is 4.68 Å². The number of para-hydroxylation sites is 1. The molecule has 0 saturated carbocycles. The molecule has 0 bridgehead atoms. The van der Waals surface area contributed by atoms with Crippen molar-refractivity contribution < 1.29 is 4.79 Å². The van der Waals surface area contributed by atoms with E-state index >= 15 is 0 Å². The minimum atomic E-state index is -0.0523. The molecule has 166 valence electrons. The molecule has 0 unspecified atom stereocenters. The Kier molecular flexibility index (Phi) is 6.07. The van der Waals surface area contributed by atoms with E-state index < -0.39 is 0 Å². The number of rotatable bonds is 4. The van der Waals surface area contributed by atoms with Crippen molar-refractivity contribution in [3.8, 4) is 16.9 Å². The number of piperazine rings is 1. The van der Waals surface area contributed by atoms with Gasteiger partial charge in [0.2, 0.25) is 0 Å². The molecule has 4 aromatic rings. The molecule has 0 radical (unpaired) electrons. The van der Waals surface area contributed by atoms with E-state index in [1.165, 1.54) is 0 Å². The first-order chi connectivity index (χ1) is 16.1. The van der Waals surface area contributed by atoms with Crippen LogP contribution in [-0.4, -0.2) is 46.8 Å². The molecule has 2 heterocycles. The third-order valence-electron chi connectivity index (χ3n) is 5.81. The van der Waals surface area contributed by atoms with Crippen LogP contribution in [-0.2, 0) is 0 Å². The Balaban J connectivity index is 1.44. The van der Waals surface area contributed by atoms with Gasteiger partial charge in [0, 0.05) is 36.8 Å². The van der Waals surface area contributed by atoms with E-state index in [9.17, 15) is 4.79 Å². The van der Waals surface area contributed by atoms with Crippen LogP contribution in [0.1, 0.15) is 10.5 Å². The molecule has 5 nitrogen and oxygen atoms in total. The van der Waals surface area contributed by atoms with Gasteiger partial charge in [0.05, 0.1) is 22.1 Å². The summed E-state index contributed by atoms with van der Waals surface area (Å²) in [7, 11) is 0. The molecule has 1 aliphatic heterocycles. The van der Waals surface area contributed by atoms with Crippen LogP contribution in [0, 0.1) is 0 Å². The molecule has 33 heavy (non-hydrogen) atoms. The maximum atomic E-state index is 13.6. The van der Waals surface area contributed by atoms with E-state index in [4.69, 9.17) is 28.3 Å². The van der Waals surface area contributed by atoms with Crippen LogP contribution in [0.15, 0.2) is 84.9 Å². The maximum absolute atomic E-state index is 13.6. The fourth-order valence-electron chi connectivity index (χ4n) is 4.11. The van der Waals surface area contributed by atoms with E-state index in [0.717, 1.165) is 27.7 Å². The van der Waals surface area contributed by atoms with Crippen molar-refractivity contribution >= 4 is 34.8 Å². The average molecular weight is 477 g/mol. The van der Waals surface area contributed by atoms with Gasteiger partial charge in [-0.15, -0.1) is 0 Å². The minimum absolute atomic E-state index is 0.0523. The molecule has 0 aliphatic carbocycles. The Hall–Kier alpha value is -3.28. The van der Waals surface area contributed by atoms with Crippen molar-refractivity contribution in [1.29, 1.82) is 0 Å². The van der Waals surface area contributed by atoms with Crippen molar-refractivity contribution in [2.24, 2.45) is 0 Å². The number of aromatic nitrogens is 2. The van der Waals surface area contributed by atoms with Crippen LogP contribution in [0.5, 0.6) is 0 Å². The zero-order valence-electron chi connectivity index (χ0n) is 17.9. The zero-order chi connectivity index (χ0) is 22.8. The molecule has 7 heteroatoms. The lowest BCUT2D eigenvalue weighted by atomic mass is 10.1. The Morgan fingerprint density at radius 2 is 1.52 bits per heavy atom. The van der Waals surface area contributed by atoms with Gasteiger partial charge >= 0.3 is 0 Å². The van der Waals surface area contributed by atoms with Gasteiger partial charge in [-0.05, 0) is 36.4 Å². The van der Waals surface area contributed by atoms with Gasteiger partial charge in [-0.3, -0.25) is 4.79 Å². The van der Waals surface area contributed by atoms with E-state index in [2.05, 4.69) is 4.90 Å². The van der Waals surface area contributed by atoms with Crippen LogP contribution in [0.4, 0.5) is 5.69 Å². The highest BCUT2D eigenvalue weighted by Gasteiger charge is 2.27. The van der Waals surface area contributed by atoms with Gasteiger partial charge in [-0.1, -0.05) is 71.7 Å². The Morgan fingerprint density at radius 3 is 2.24 bits per heavy atom. The molecule has 3 aromatic carbocycles. The fraction of sp³-hybridized carbons (Fsp3) is 0.154. The molecule has 1 aromatic heterocycles. The van der Waals surface area contributed by atoms with Crippen LogP contribution >= 0.6 is 23.2 Å². The standard InChI is InChI=1S/C26H22Cl2N4O/c27-20-9-6-10-21(17-20)32-25(18-23(29-32)19-7-2-1-3-8-19)26(33)31-15-13-30(14-16-31)24-12-5-4-11-22(24)28/h1-12,17-18H,13-16H2. The summed E-state index contributed by atoms with van der Waals surface area (Å²) in [4.78, 5) is 17.7. The smallest absolute Gasteiger partial charge is 0.272 e. The number of nitrogens with zero attached hydrogens (tertiary/aromatic N) is 4. The van der Waals surface area contributed by atoms with E-state index in [1.807, 2.05) is 89.8 Å². The molecule has 1 amide bonds. The first-order valence-electron chi connectivity index (χ1n) is 10.8. The fourth-order valence-corrected chi connectivity index (χ4v) is 4.55. The van der Waals surface area contributed by atoms with Crippen LogP contribution < -0.4 is 4.90 Å². The molecular formula is C26H22Cl2N4O. The second-order valence-electron chi connectivity index (χ2n) is 7.90. The summed E-state index contributed by atoms with van der Waals surface area (Å²) in [6, 6.07) is 26.9. The van der Waals surface area contributed by atoms with Crippen LogP contribution in [0.3, 0.4) is 0 Å². The lowest BCUT2D eigenvalue weighted by Crippen LogP contribution is -2.49. The Morgan fingerprint density at radius 1 is 0.788 bits per heavy atom. The molecule has 0 atom stereocenters. The highest BCUT2D eigenvalue weighted by Crippen LogP contribution is 2.27. The normalized spacial score (nSPS) is 13.9. The number of benzene rings is 3. The monoisotopic (exact) mass is 476 g/mol.